The maximum absolute atomic E-state index is 5.49. The Labute approximate surface area is 181 Å². The molecule has 158 valence electrons. The molecule has 2 aromatic carbocycles. The highest BCUT2D eigenvalue weighted by molar-refractivity contribution is 5.95. The van der Waals surface area contributed by atoms with E-state index in [2.05, 4.69) is 45.3 Å². The summed E-state index contributed by atoms with van der Waals surface area (Å²) >= 11 is 0. The Morgan fingerprint density at radius 2 is 1.84 bits per heavy atom. The van der Waals surface area contributed by atoms with Gasteiger partial charge in [-0.3, -0.25) is 0 Å². The van der Waals surface area contributed by atoms with Crippen molar-refractivity contribution in [2.24, 2.45) is 0 Å². The monoisotopic (exact) mass is 414 g/mol. The van der Waals surface area contributed by atoms with E-state index in [1.807, 2.05) is 24.3 Å². The Bertz CT molecular complexity index is 1210. The average molecular weight is 415 g/mol. The fourth-order valence-corrected chi connectivity index (χ4v) is 4.48. The Morgan fingerprint density at radius 3 is 2.65 bits per heavy atom. The van der Waals surface area contributed by atoms with Crippen LogP contribution in [0.4, 0.5) is 11.6 Å². The van der Waals surface area contributed by atoms with Crippen molar-refractivity contribution in [2.45, 2.75) is 31.7 Å². The molecular formula is C25H26N4O2. The van der Waals surface area contributed by atoms with Gasteiger partial charge in [0.25, 0.3) is 0 Å². The number of anilines is 2. The number of hydrogen-bond acceptors (Lipinski definition) is 5. The molecule has 0 aliphatic heterocycles. The van der Waals surface area contributed by atoms with Crippen molar-refractivity contribution >= 4 is 22.5 Å². The molecule has 0 bridgehead atoms. The zero-order chi connectivity index (χ0) is 21.2. The van der Waals surface area contributed by atoms with Gasteiger partial charge >= 0.3 is 0 Å². The fraction of sp³-hybridized carbons (Fsp3) is 0.280. The lowest BCUT2D eigenvalue weighted by molar-refractivity contribution is 0.395. The molecule has 1 fully saturated rings. The summed E-state index contributed by atoms with van der Waals surface area (Å²) in [6.07, 6.45) is 9.15. The molecule has 0 amide bonds. The van der Waals surface area contributed by atoms with Crippen LogP contribution in [0.15, 0.2) is 60.9 Å². The Kier molecular flexibility index (Phi) is 5.20. The van der Waals surface area contributed by atoms with Gasteiger partial charge in [-0.1, -0.05) is 31.0 Å². The number of hydrogen-bond donors (Lipinski definition) is 1. The quantitative estimate of drug-likeness (QED) is 0.421. The second-order valence-corrected chi connectivity index (χ2v) is 7.86. The van der Waals surface area contributed by atoms with Gasteiger partial charge in [0.05, 0.1) is 25.6 Å². The summed E-state index contributed by atoms with van der Waals surface area (Å²) in [5.41, 5.74) is 4.09. The van der Waals surface area contributed by atoms with Gasteiger partial charge in [-0.2, -0.15) is 0 Å². The van der Waals surface area contributed by atoms with Crippen LogP contribution in [-0.4, -0.2) is 28.8 Å². The topological polar surface area (TPSA) is 61.2 Å². The molecule has 1 N–H and O–H groups in total. The molecule has 0 atom stereocenters. The Morgan fingerprint density at radius 1 is 1.00 bits per heavy atom. The van der Waals surface area contributed by atoms with Crippen LogP contribution in [0.2, 0.25) is 0 Å². The van der Waals surface area contributed by atoms with Gasteiger partial charge in [0, 0.05) is 41.0 Å². The minimum absolute atomic E-state index is 0.527. The van der Waals surface area contributed by atoms with Crippen molar-refractivity contribution in [3.8, 4) is 22.8 Å². The van der Waals surface area contributed by atoms with Crippen molar-refractivity contribution in [1.29, 1.82) is 0 Å². The molecule has 31 heavy (non-hydrogen) atoms. The summed E-state index contributed by atoms with van der Waals surface area (Å²) in [5.74, 6) is 1.93. The van der Waals surface area contributed by atoms with E-state index in [1.165, 1.54) is 36.6 Å². The predicted molar refractivity (Wildman–Crippen MR) is 123 cm³/mol. The Hall–Kier alpha value is -3.54. The van der Waals surface area contributed by atoms with E-state index in [0.29, 0.717) is 17.7 Å². The number of nitrogens with one attached hydrogen (secondary N) is 1. The van der Waals surface area contributed by atoms with Crippen molar-refractivity contribution in [1.82, 2.24) is 14.5 Å². The second-order valence-electron chi connectivity index (χ2n) is 7.86. The third-order valence-corrected chi connectivity index (χ3v) is 6.05. The highest BCUT2D eigenvalue weighted by Crippen LogP contribution is 2.37. The lowest BCUT2D eigenvalue weighted by Gasteiger charge is -2.13. The third-order valence-electron chi connectivity index (χ3n) is 6.05. The number of para-hydroxylation sites is 1. The summed E-state index contributed by atoms with van der Waals surface area (Å²) in [6, 6.07) is 16.7. The number of aromatic nitrogens is 3. The molecule has 1 aliphatic carbocycles. The van der Waals surface area contributed by atoms with E-state index in [1.54, 1.807) is 20.4 Å². The first kappa shape index (κ1) is 19.4. The standard InChI is InChI=1S/C25H26N4O2/c1-30-18-11-12-22(24(15-18)31-2)28-25-26-14-13-21(27-25)20-16-29(17-7-3-4-8-17)23-10-6-5-9-19(20)23/h5-6,9-17H,3-4,7-8H2,1-2H3,(H,26,27,28). The summed E-state index contributed by atoms with van der Waals surface area (Å²) in [5, 5.41) is 4.51. The van der Waals surface area contributed by atoms with Crippen LogP contribution in [0.25, 0.3) is 22.2 Å². The molecule has 6 nitrogen and oxygen atoms in total. The lowest BCUT2D eigenvalue weighted by atomic mass is 10.1. The molecule has 2 heterocycles. The SMILES string of the molecule is COc1ccc(Nc2nccc(-c3cn(C4CCCC4)c4ccccc34)n2)c(OC)c1. The van der Waals surface area contributed by atoms with Gasteiger partial charge in [-0.05, 0) is 37.1 Å². The second kappa shape index (κ2) is 8.30. The van der Waals surface area contributed by atoms with E-state index < -0.39 is 0 Å². The first-order valence-electron chi connectivity index (χ1n) is 10.7. The minimum Gasteiger partial charge on any atom is -0.497 e. The highest BCUT2D eigenvalue weighted by Gasteiger charge is 2.21. The van der Waals surface area contributed by atoms with E-state index in [4.69, 9.17) is 14.5 Å². The van der Waals surface area contributed by atoms with E-state index >= 15 is 0 Å². The molecule has 2 aromatic heterocycles. The van der Waals surface area contributed by atoms with Crippen LogP contribution in [0.3, 0.4) is 0 Å². The normalized spacial score (nSPS) is 14.1. The number of methoxy groups -OCH3 is 2. The molecule has 1 aliphatic rings. The molecule has 0 radical (unpaired) electrons. The number of nitrogens with zero attached hydrogens (tertiary/aromatic N) is 3. The van der Waals surface area contributed by atoms with Crippen LogP contribution >= 0.6 is 0 Å². The van der Waals surface area contributed by atoms with Crippen molar-refractivity contribution in [3.63, 3.8) is 0 Å². The maximum Gasteiger partial charge on any atom is 0.227 e. The zero-order valence-electron chi connectivity index (χ0n) is 17.8. The molecule has 5 rings (SSSR count). The summed E-state index contributed by atoms with van der Waals surface area (Å²) < 4.78 is 13.2. The van der Waals surface area contributed by atoms with Crippen LogP contribution in [0, 0.1) is 0 Å². The van der Waals surface area contributed by atoms with Gasteiger partial charge in [0.1, 0.15) is 11.5 Å². The first-order chi connectivity index (χ1) is 15.3. The maximum atomic E-state index is 5.49. The molecular weight excluding hydrogens is 388 g/mol. The van der Waals surface area contributed by atoms with Gasteiger partial charge in [-0.15, -0.1) is 0 Å². The number of ether oxygens (including phenoxy) is 2. The molecule has 0 saturated heterocycles. The average Bonchev–Trinajstić information content (AvgIpc) is 3.47. The van der Waals surface area contributed by atoms with Gasteiger partial charge in [0.15, 0.2) is 0 Å². The van der Waals surface area contributed by atoms with Crippen LogP contribution in [0.5, 0.6) is 11.5 Å². The van der Waals surface area contributed by atoms with Crippen molar-refractivity contribution < 1.29 is 9.47 Å². The number of fused-ring (bicyclic) bond motifs is 1. The van der Waals surface area contributed by atoms with Gasteiger partial charge in [-0.25, -0.2) is 9.97 Å². The first-order valence-corrected chi connectivity index (χ1v) is 10.7. The summed E-state index contributed by atoms with van der Waals surface area (Å²) in [7, 11) is 3.27. The third kappa shape index (κ3) is 3.69. The number of rotatable bonds is 6. The number of benzene rings is 2. The van der Waals surface area contributed by atoms with Crippen LogP contribution in [-0.2, 0) is 0 Å². The van der Waals surface area contributed by atoms with Crippen LogP contribution in [0.1, 0.15) is 31.7 Å². The highest BCUT2D eigenvalue weighted by atomic mass is 16.5. The van der Waals surface area contributed by atoms with Crippen molar-refractivity contribution in [3.05, 3.63) is 60.9 Å². The lowest BCUT2D eigenvalue weighted by Crippen LogP contribution is -2.02. The van der Waals surface area contributed by atoms with Crippen LogP contribution < -0.4 is 14.8 Å². The van der Waals surface area contributed by atoms with Crippen molar-refractivity contribution in [2.75, 3.05) is 19.5 Å². The van der Waals surface area contributed by atoms with Gasteiger partial charge < -0.3 is 19.4 Å². The predicted octanol–water partition coefficient (Wildman–Crippen LogP) is 5.97. The fourth-order valence-electron chi connectivity index (χ4n) is 4.48. The smallest absolute Gasteiger partial charge is 0.227 e. The Balaban J connectivity index is 1.52. The molecule has 1 saturated carbocycles. The summed E-state index contributed by atoms with van der Waals surface area (Å²) in [4.78, 5) is 9.25. The zero-order valence-corrected chi connectivity index (χ0v) is 17.8. The van der Waals surface area contributed by atoms with E-state index in [-0.39, 0.29) is 0 Å². The van der Waals surface area contributed by atoms with E-state index in [9.17, 15) is 0 Å². The minimum atomic E-state index is 0.527. The molecule has 0 spiro atoms. The largest absolute Gasteiger partial charge is 0.497 e. The summed E-state index contributed by atoms with van der Waals surface area (Å²) in [6.45, 7) is 0. The van der Waals surface area contributed by atoms with E-state index in [0.717, 1.165) is 22.7 Å². The molecule has 6 heteroatoms. The van der Waals surface area contributed by atoms with Gasteiger partial charge in [0.2, 0.25) is 5.95 Å². The molecule has 0 unspecified atom stereocenters. The molecule has 4 aromatic rings.